The van der Waals surface area contributed by atoms with Crippen molar-refractivity contribution in [2.75, 3.05) is 19.6 Å². The van der Waals surface area contributed by atoms with Gasteiger partial charge >= 0.3 is 0 Å². The van der Waals surface area contributed by atoms with Gasteiger partial charge in [0.1, 0.15) is 0 Å². The lowest BCUT2D eigenvalue weighted by molar-refractivity contribution is -0.137. The molecular weight excluding hydrogens is 295 g/mol. The van der Waals surface area contributed by atoms with Gasteiger partial charge in [0, 0.05) is 35.7 Å². The number of hydrogen-bond acceptors (Lipinski definition) is 3. The molecular formula is C15H22Cl2N2O. The van der Waals surface area contributed by atoms with Gasteiger partial charge in [-0.25, -0.2) is 0 Å². The SMILES string of the molecule is CC1CN(C(CN)c2ccc(Cl)cc2Cl)CC(C)(C)O1. The standard InChI is InChI=1S/C15H22Cl2N2O/c1-10-8-19(9-15(2,3)20-10)14(7-18)12-5-4-11(16)6-13(12)17/h4-6,10,14H,7-9,18H2,1-3H3. The van der Waals surface area contributed by atoms with Crippen molar-refractivity contribution in [3.63, 3.8) is 0 Å². The zero-order chi connectivity index (χ0) is 14.9. The summed E-state index contributed by atoms with van der Waals surface area (Å²) in [6, 6.07) is 5.69. The molecule has 112 valence electrons. The number of halogens is 2. The molecule has 2 N–H and O–H groups in total. The van der Waals surface area contributed by atoms with Crippen molar-refractivity contribution in [3.8, 4) is 0 Å². The van der Waals surface area contributed by atoms with Crippen LogP contribution in [0.15, 0.2) is 18.2 Å². The van der Waals surface area contributed by atoms with Crippen LogP contribution in [0.5, 0.6) is 0 Å². The summed E-state index contributed by atoms with van der Waals surface area (Å²) in [4.78, 5) is 2.35. The average Bonchev–Trinajstić information content (AvgIpc) is 2.30. The number of benzene rings is 1. The van der Waals surface area contributed by atoms with Gasteiger partial charge in [0.05, 0.1) is 11.7 Å². The smallest absolute Gasteiger partial charge is 0.0757 e. The van der Waals surface area contributed by atoms with Crippen molar-refractivity contribution in [2.24, 2.45) is 5.73 Å². The van der Waals surface area contributed by atoms with E-state index in [9.17, 15) is 0 Å². The molecule has 0 saturated carbocycles. The predicted octanol–water partition coefficient (Wildman–Crippen LogP) is 3.49. The van der Waals surface area contributed by atoms with Crippen molar-refractivity contribution < 1.29 is 4.74 Å². The Balaban J connectivity index is 2.27. The molecule has 1 aromatic rings. The van der Waals surface area contributed by atoms with Crippen LogP contribution in [0, 0.1) is 0 Å². The highest BCUT2D eigenvalue weighted by Crippen LogP contribution is 2.33. The molecule has 3 nitrogen and oxygen atoms in total. The molecule has 0 radical (unpaired) electrons. The maximum Gasteiger partial charge on any atom is 0.0757 e. The fourth-order valence-corrected chi connectivity index (χ4v) is 3.52. The topological polar surface area (TPSA) is 38.5 Å². The Morgan fingerprint density at radius 2 is 2.15 bits per heavy atom. The van der Waals surface area contributed by atoms with Crippen LogP contribution in [0.2, 0.25) is 10.0 Å². The van der Waals surface area contributed by atoms with Crippen LogP contribution in [-0.4, -0.2) is 36.2 Å². The predicted molar refractivity (Wildman–Crippen MR) is 84.5 cm³/mol. The molecule has 0 aromatic heterocycles. The van der Waals surface area contributed by atoms with Gasteiger partial charge in [0.25, 0.3) is 0 Å². The summed E-state index contributed by atoms with van der Waals surface area (Å²) in [5, 5.41) is 1.31. The van der Waals surface area contributed by atoms with E-state index in [0.29, 0.717) is 16.6 Å². The molecule has 2 rings (SSSR count). The van der Waals surface area contributed by atoms with Crippen molar-refractivity contribution in [1.29, 1.82) is 0 Å². The number of morpholine rings is 1. The van der Waals surface area contributed by atoms with Crippen LogP contribution in [-0.2, 0) is 4.74 Å². The Kier molecular flexibility index (Phi) is 4.98. The molecule has 20 heavy (non-hydrogen) atoms. The Labute approximate surface area is 131 Å². The molecule has 1 aliphatic heterocycles. The summed E-state index contributed by atoms with van der Waals surface area (Å²) in [6.45, 7) is 8.50. The van der Waals surface area contributed by atoms with E-state index in [1.165, 1.54) is 0 Å². The Morgan fingerprint density at radius 1 is 1.45 bits per heavy atom. The van der Waals surface area contributed by atoms with Crippen LogP contribution in [0.4, 0.5) is 0 Å². The number of hydrogen-bond donors (Lipinski definition) is 1. The van der Waals surface area contributed by atoms with Crippen molar-refractivity contribution in [3.05, 3.63) is 33.8 Å². The fourth-order valence-electron chi connectivity index (χ4n) is 2.98. The van der Waals surface area contributed by atoms with Gasteiger partial charge in [-0.3, -0.25) is 4.90 Å². The lowest BCUT2D eigenvalue weighted by Crippen LogP contribution is -2.53. The minimum Gasteiger partial charge on any atom is -0.370 e. The van der Waals surface area contributed by atoms with Crippen LogP contribution >= 0.6 is 23.2 Å². The van der Waals surface area contributed by atoms with Crippen LogP contribution < -0.4 is 5.73 Å². The monoisotopic (exact) mass is 316 g/mol. The highest BCUT2D eigenvalue weighted by molar-refractivity contribution is 6.35. The van der Waals surface area contributed by atoms with E-state index < -0.39 is 0 Å². The molecule has 0 bridgehead atoms. The van der Waals surface area contributed by atoms with Gasteiger partial charge in [-0.2, -0.15) is 0 Å². The van der Waals surface area contributed by atoms with Crippen molar-refractivity contribution >= 4 is 23.2 Å². The summed E-state index contributed by atoms with van der Waals surface area (Å²) in [7, 11) is 0. The third-order valence-corrected chi connectivity index (χ3v) is 4.14. The van der Waals surface area contributed by atoms with Crippen LogP contribution in [0.1, 0.15) is 32.4 Å². The van der Waals surface area contributed by atoms with Gasteiger partial charge in [-0.1, -0.05) is 29.3 Å². The lowest BCUT2D eigenvalue weighted by Gasteiger charge is -2.45. The number of rotatable bonds is 3. The van der Waals surface area contributed by atoms with E-state index in [4.69, 9.17) is 33.7 Å². The number of ether oxygens (including phenoxy) is 1. The number of nitrogens with two attached hydrogens (primary N) is 1. The first-order chi connectivity index (χ1) is 9.32. The zero-order valence-corrected chi connectivity index (χ0v) is 13.7. The molecule has 2 unspecified atom stereocenters. The van der Waals surface area contributed by atoms with Crippen molar-refractivity contribution in [1.82, 2.24) is 4.90 Å². The minimum atomic E-state index is -0.177. The molecule has 0 aliphatic carbocycles. The van der Waals surface area contributed by atoms with Crippen LogP contribution in [0.25, 0.3) is 0 Å². The summed E-state index contributed by atoms with van der Waals surface area (Å²) in [5.41, 5.74) is 6.86. The van der Waals surface area contributed by atoms with E-state index in [0.717, 1.165) is 18.7 Å². The lowest BCUT2D eigenvalue weighted by atomic mass is 9.99. The third-order valence-electron chi connectivity index (χ3n) is 3.58. The van der Waals surface area contributed by atoms with E-state index in [-0.39, 0.29) is 17.7 Å². The molecule has 0 amide bonds. The van der Waals surface area contributed by atoms with Crippen molar-refractivity contribution in [2.45, 2.75) is 38.5 Å². The number of nitrogens with zero attached hydrogens (tertiary/aromatic N) is 1. The molecule has 2 atom stereocenters. The Hall–Kier alpha value is -0.320. The van der Waals surface area contributed by atoms with Gasteiger partial charge in [-0.15, -0.1) is 0 Å². The van der Waals surface area contributed by atoms with E-state index in [1.807, 2.05) is 12.1 Å². The second-order valence-corrected chi connectivity index (χ2v) is 6.88. The maximum atomic E-state index is 6.33. The van der Waals surface area contributed by atoms with E-state index in [2.05, 4.69) is 25.7 Å². The summed E-state index contributed by atoms with van der Waals surface area (Å²) in [6.07, 6.45) is 0.180. The normalized spacial score (nSPS) is 24.6. The molecule has 0 spiro atoms. The Morgan fingerprint density at radius 3 is 2.70 bits per heavy atom. The van der Waals surface area contributed by atoms with E-state index in [1.54, 1.807) is 6.07 Å². The molecule has 1 aliphatic rings. The highest BCUT2D eigenvalue weighted by atomic mass is 35.5. The average molecular weight is 317 g/mol. The summed E-state index contributed by atoms with van der Waals surface area (Å²) >= 11 is 12.3. The van der Waals surface area contributed by atoms with Crippen LogP contribution in [0.3, 0.4) is 0 Å². The summed E-state index contributed by atoms with van der Waals surface area (Å²) in [5.74, 6) is 0. The molecule has 1 heterocycles. The second kappa shape index (κ2) is 6.20. The van der Waals surface area contributed by atoms with Gasteiger partial charge in [-0.05, 0) is 38.5 Å². The maximum absolute atomic E-state index is 6.33. The zero-order valence-electron chi connectivity index (χ0n) is 12.2. The Bertz CT molecular complexity index is 479. The first-order valence-corrected chi connectivity index (χ1v) is 7.65. The quantitative estimate of drug-likeness (QED) is 0.927. The second-order valence-electron chi connectivity index (χ2n) is 6.03. The largest absolute Gasteiger partial charge is 0.370 e. The van der Waals surface area contributed by atoms with Gasteiger partial charge in [0.15, 0.2) is 0 Å². The molecule has 1 saturated heterocycles. The van der Waals surface area contributed by atoms with Gasteiger partial charge < -0.3 is 10.5 Å². The molecule has 1 fully saturated rings. The first-order valence-electron chi connectivity index (χ1n) is 6.89. The highest BCUT2D eigenvalue weighted by Gasteiger charge is 2.35. The van der Waals surface area contributed by atoms with Gasteiger partial charge in [0.2, 0.25) is 0 Å². The first kappa shape index (κ1) is 16.1. The summed E-state index contributed by atoms with van der Waals surface area (Å²) < 4.78 is 5.95. The fraction of sp³-hybridized carbons (Fsp3) is 0.600. The minimum absolute atomic E-state index is 0.0883. The molecule has 1 aromatic carbocycles. The molecule has 5 heteroatoms. The van der Waals surface area contributed by atoms with E-state index >= 15 is 0 Å². The third kappa shape index (κ3) is 3.66.